The van der Waals surface area contributed by atoms with Crippen molar-refractivity contribution < 1.29 is 14.3 Å². The third kappa shape index (κ3) is 1.98. The van der Waals surface area contributed by atoms with Crippen LogP contribution in [0.2, 0.25) is 0 Å². The molecule has 1 aliphatic carbocycles. The molecular weight excluding hydrogens is 204 g/mol. The summed E-state index contributed by atoms with van der Waals surface area (Å²) < 4.78 is 5.29. The number of hydrogen-bond donors (Lipinski definition) is 0. The highest BCUT2D eigenvalue weighted by Gasteiger charge is 2.34. The van der Waals surface area contributed by atoms with E-state index in [0.29, 0.717) is 5.56 Å². The number of aryl methyl sites for hydroxylation is 1. The van der Waals surface area contributed by atoms with Gasteiger partial charge in [-0.1, -0.05) is 18.2 Å². The summed E-state index contributed by atoms with van der Waals surface area (Å²) in [4.78, 5) is 22.4. The van der Waals surface area contributed by atoms with Crippen molar-refractivity contribution in [3.05, 3.63) is 35.4 Å². The molecule has 0 spiro atoms. The number of carbonyl (C=O) groups excluding carboxylic acids is 2. The van der Waals surface area contributed by atoms with E-state index in [1.165, 1.54) is 0 Å². The van der Waals surface area contributed by atoms with Gasteiger partial charge < -0.3 is 9.53 Å². The maximum Gasteiger partial charge on any atom is 0.338 e. The van der Waals surface area contributed by atoms with E-state index in [4.69, 9.17) is 4.74 Å². The molecular formula is C13H14O3. The van der Waals surface area contributed by atoms with Crippen molar-refractivity contribution in [2.75, 3.05) is 0 Å². The number of esters is 1. The van der Waals surface area contributed by atoms with E-state index < -0.39 is 0 Å². The van der Waals surface area contributed by atoms with Crippen molar-refractivity contribution in [3.63, 3.8) is 0 Å². The first kappa shape index (κ1) is 10.9. The SMILES string of the molecule is Cc1ccccc1C(=O)O[C@@H]1CC[C@H]1C=O. The molecule has 0 heterocycles. The van der Waals surface area contributed by atoms with Crippen LogP contribution in [0.1, 0.15) is 28.8 Å². The van der Waals surface area contributed by atoms with E-state index in [-0.39, 0.29) is 18.0 Å². The summed E-state index contributed by atoms with van der Waals surface area (Å²) in [5.41, 5.74) is 1.48. The second-order valence-electron chi connectivity index (χ2n) is 4.14. The summed E-state index contributed by atoms with van der Waals surface area (Å²) in [7, 11) is 0. The number of ether oxygens (including phenoxy) is 1. The minimum Gasteiger partial charge on any atom is -0.458 e. The van der Waals surface area contributed by atoms with E-state index in [2.05, 4.69) is 0 Å². The van der Waals surface area contributed by atoms with Gasteiger partial charge in [-0.2, -0.15) is 0 Å². The Labute approximate surface area is 94.4 Å². The first-order valence-electron chi connectivity index (χ1n) is 5.44. The summed E-state index contributed by atoms with van der Waals surface area (Å²) in [6.45, 7) is 1.87. The van der Waals surface area contributed by atoms with Crippen LogP contribution in [-0.4, -0.2) is 18.4 Å². The first-order chi connectivity index (χ1) is 7.72. The molecule has 0 aliphatic heterocycles. The Morgan fingerprint density at radius 2 is 2.12 bits per heavy atom. The van der Waals surface area contributed by atoms with E-state index in [9.17, 15) is 9.59 Å². The average molecular weight is 218 g/mol. The van der Waals surface area contributed by atoms with Gasteiger partial charge in [-0.3, -0.25) is 0 Å². The van der Waals surface area contributed by atoms with Gasteiger partial charge in [-0.05, 0) is 31.4 Å². The van der Waals surface area contributed by atoms with Crippen molar-refractivity contribution in [2.24, 2.45) is 5.92 Å². The van der Waals surface area contributed by atoms with Crippen LogP contribution < -0.4 is 0 Å². The molecule has 2 rings (SSSR count). The van der Waals surface area contributed by atoms with Crippen molar-refractivity contribution >= 4 is 12.3 Å². The van der Waals surface area contributed by atoms with Gasteiger partial charge in [0.05, 0.1) is 11.5 Å². The quantitative estimate of drug-likeness (QED) is 0.576. The normalized spacial score (nSPS) is 23.3. The Morgan fingerprint density at radius 3 is 2.69 bits per heavy atom. The first-order valence-corrected chi connectivity index (χ1v) is 5.44. The zero-order valence-electron chi connectivity index (χ0n) is 9.18. The van der Waals surface area contributed by atoms with Gasteiger partial charge in [0, 0.05) is 0 Å². The molecule has 1 aliphatic rings. The molecule has 16 heavy (non-hydrogen) atoms. The molecule has 84 valence electrons. The van der Waals surface area contributed by atoms with E-state index in [1.807, 2.05) is 25.1 Å². The molecule has 0 aromatic heterocycles. The van der Waals surface area contributed by atoms with Gasteiger partial charge in [-0.15, -0.1) is 0 Å². The predicted octanol–water partition coefficient (Wildman–Crippen LogP) is 2.13. The van der Waals surface area contributed by atoms with Gasteiger partial charge in [0.1, 0.15) is 12.4 Å². The minimum absolute atomic E-state index is 0.104. The second-order valence-corrected chi connectivity index (χ2v) is 4.14. The van der Waals surface area contributed by atoms with Crippen LogP contribution >= 0.6 is 0 Å². The molecule has 3 nitrogen and oxygen atoms in total. The zero-order chi connectivity index (χ0) is 11.5. The highest BCUT2D eigenvalue weighted by molar-refractivity contribution is 5.91. The Balaban J connectivity index is 2.04. The minimum atomic E-state index is -0.324. The van der Waals surface area contributed by atoms with Crippen LogP contribution in [-0.2, 0) is 9.53 Å². The third-order valence-corrected chi connectivity index (χ3v) is 3.06. The van der Waals surface area contributed by atoms with E-state index in [0.717, 1.165) is 24.7 Å². The van der Waals surface area contributed by atoms with Gasteiger partial charge in [-0.25, -0.2) is 4.79 Å². The highest BCUT2D eigenvalue weighted by Crippen LogP contribution is 2.29. The molecule has 1 aromatic carbocycles. The fourth-order valence-electron chi connectivity index (χ4n) is 1.80. The number of aldehydes is 1. The fourth-order valence-corrected chi connectivity index (χ4v) is 1.80. The average Bonchev–Trinajstić information content (AvgIpc) is 2.25. The fraction of sp³-hybridized carbons (Fsp3) is 0.385. The summed E-state index contributed by atoms with van der Waals surface area (Å²) in [6, 6.07) is 7.30. The van der Waals surface area contributed by atoms with Crippen LogP contribution in [0.3, 0.4) is 0 Å². The number of carbonyl (C=O) groups is 2. The molecule has 0 bridgehead atoms. The van der Waals surface area contributed by atoms with Crippen LogP contribution in [0.25, 0.3) is 0 Å². The smallest absolute Gasteiger partial charge is 0.338 e. The predicted molar refractivity (Wildman–Crippen MR) is 59.2 cm³/mol. The summed E-state index contributed by atoms with van der Waals surface area (Å²) in [5, 5.41) is 0. The molecule has 0 saturated heterocycles. The van der Waals surface area contributed by atoms with Crippen molar-refractivity contribution in [3.8, 4) is 0 Å². The van der Waals surface area contributed by atoms with Gasteiger partial charge in [0.2, 0.25) is 0 Å². The topological polar surface area (TPSA) is 43.4 Å². The van der Waals surface area contributed by atoms with Gasteiger partial charge >= 0.3 is 5.97 Å². The van der Waals surface area contributed by atoms with Crippen LogP contribution in [0.5, 0.6) is 0 Å². The maximum absolute atomic E-state index is 11.8. The van der Waals surface area contributed by atoms with E-state index >= 15 is 0 Å². The largest absolute Gasteiger partial charge is 0.458 e. The van der Waals surface area contributed by atoms with Crippen molar-refractivity contribution in [1.29, 1.82) is 0 Å². The molecule has 1 saturated carbocycles. The lowest BCUT2D eigenvalue weighted by Gasteiger charge is -2.31. The van der Waals surface area contributed by atoms with Crippen LogP contribution in [0, 0.1) is 12.8 Å². The summed E-state index contributed by atoms with van der Waals surface area (Å²) in [5.74, 6) is -0.428. The molecule has 2 atom stereocenters. The molecule has 3 heteroatoms. The Bertz CT molecular complexity index is 411. The second kappa shape index (κ2) is 4.47. The van der Waals surface area contributed by atoms with Crippen LogP contribution in [0.4, 0.5) is 0 Å². The monoisotopic (exact) mass is 218 g/mol. The number of rotatable bonds is 3. The standard InChI is InChI=1S/C13H14O3/c1-9-4-2-3-5-11(9)13(15)16-12-7-6-10(12)8-14/h2-5,8,10,12H,6-7H2,1H3/t10-,12+/m0/s1. The van der Waals surface area contributed by atoms with Gasteiger partial charge in [0.15, 0.2) is 0 Å². The van der Waals surface area contributed by atoms with Crippen molar-refractivity contribution in [2.45, 2.75) is 25.9 Å². The molecule has 0 radical (unpaired) electrons. The molecule has 0 unspecified atom stereocenters. The third-order valence-electron chi connectivity index (χ3n) is 3.06. The summed E-state index contributed by atoms with van der Waals surface area (Å²) in [6.07, 6.45) is 2.28. The van der Waals surface area contributed by atoms with Gasteiger partial charge in [0.25, 0.3) is 0 Å². The molecule has 1 aromatic rings. The Morgan fingerprint density at radius 1 is 1.38 bits per heavy atom. The lowest BCUT2D eigenvalue weighted by atomic mass is 9.83. The van der Waals surface area contributed by atoms with E-state index in [1.54, 1.807) is 6.07 Å². The highest BCUT2D eigenvalue weighted by atomic mass is 16.5. The summed E-state index contributed by atoms with van der Waals surface area (Å²) >= 11 is 0. The molecule has 0 amide bonds. The lowest BCUT2D eigenvalue weighted by molar-refractivity contribution is -0.119. The number of benzene rings is 1. The number of hydrogen-bond acceptors (Lipinski definition) is 3. The lowest BCUT2D eigenvalue weighted by Crippen LogP contribution is -2.36. The van der Waals surface area contributed by atoms with Crippen molar-refractivity contribution in [1.82, 2.24) is 0 Å². The Hall–Kier alpha value is -1.64. The Kier molecular flexibility index (Phi) is 3.04. The zero-order valence-corrected chi connectivity index (χ0v) is 9.18. The molecule has 0 N–H and O–H groups in total. The molecule has 1 fully saturated rings. The maximum atomic E-state index is 11.8. The van der Waals surface area contributed by atoms with Crippen LogP contribution in [0.15, 0.2) is 24.3 Å².